The molecule has 0 unspecified atom stereocenters. The predicted octanol–water partition coefficient (Wildman–Crippen LogP) is 3.22. The fourth-order valence-electron chi connectivity index (χ4n) is 2.56. The van der Waals surface area contributed by atoms with Crippen LogP contribution in [-0.4, -0.2) is 21.7 Å². The van der Waals surface area contributed by atoms with Crippen molar-refractivity contribution in [3.05, 3.63) is 40.2 Å². The Morgan fingerprint density at radius 1 is 1.26 bits per heavy atom. The number of carbonyl (C=O) groups excluding carboxylic acids is 2. The number of hydrogen-bond donors (Lipinski definition) is 1. The van der Waals surface area contributed by atoms with E-state index in [1.165, 1.54) is 0 Å². The van der Waals surface area contributed by atoms with Crippen LogP contribution in [0.1, 0.15) is 46.0 Å². The zero-order valence-corrected chi connectivity index (χ0v) is 13.3. The Morgan fingerprint density at radius 3 is 2.57 bits per heavy atom. The van der Waals surface area contributed by atoms with Gasteiger partial charge in [-0.1, -0.05) is 25.2 Å². The van der Waals surface area contributed by atoms with Crippen LogP contribution in [0.5, 0.6) is 0 Å². The van der Waals surface area contributed by atoms with Gasteiger partial charge in [-0.25, -0.2) is 13.8 Å². The van der Waals surface area contributed by atoms with Crippen molar-refractivity contribution in [3.63, 3.8) is 0 Å². The number of aromatic nitrogens is 2. The number of halogens is 2. The Hall–Kier alpha value is -2.22. The van der Waals surface area contributed by atoms with Crippen molar-refractivity contribution >= 4 is 28.2 Å². The molecular weight excluding hydrogens is 324 g/mol. The molecule has 1 amide bonds. The maximum absolute atomic E-state index is 13.6. The fraction of sp³-hybridized carbons (Fsp3) is 0.333. The number of pyridine rings is 1. The summed E-state index contributed by atoms with van der Waals surface area (Å²) in [7, 11) is 0. The normalized spacial score (nSPS) is 16.1. The number of nitrogens with one attached hydrogen (secondary N) is 1. The molecule has 2 aromatic heterocycles. The average Bonchev–Trinajstić information content (AvgIpc) is 2.79. The molecule has 2 aromatic rings. The average molecular weight is 337 g/mol. The third-order valence-electron chi connectivity index (χ3n) is 3.54. The van der Waals surface area contributed by atoms with Crippen LogP contribution in [-0.2, 0) is 6.42 Å². The lowest BCUT2D eigenvalue weighted by molar-refractivity contribution is 0.0915. The van der Waals surface area contributed by atoms with Crippen LogP contribution in [0.25, 0.3) is 0 Å². The molecule has 1 aliphatic carbocycles. The number of Topliss-reactive ketones (excluding diaryl/α,β-unsaturated/α-hetero) is 1. The molecule has 1 aliphatic rings. The van der Waals surface area contributed by atoms with E-state index in [0.717, 1.165) is 23.7 Å². The number of amides is 1. The number of hydrogen-bond acceptors (Lipinski definition) is 5. The molecule has 5 nitrogen and oxygen atoms in total. The monoisotopic (exact) mass is 337 g/mol. The minimum atomic E-state index is -1.05. The van der Waals surface area contributed by atoms with E-state index in [4.69, 9.17) is 0 Å². The summed E-state index contributed by atoms with van der Waals surface area (Å²) in [6.45, 7) is 3.93. The number of rotatable bonds is 2. The van der Waals surface area contributed by atoms with Crippen LogP contribution in [0, 0.1) is 17.0 Å². The lowest BCUT2D eigenvalue weighted by atomic mass is 9.78. The number of ketones is 1. The van der Waals surface area contributed by atoms with Gasteiger partial charge in [-0.15, -0.1) is 0 Å². The second-order valence-electron chi connectivity index (χ2n) is 6.17. The van der Waals surface area contributed by atoms with E-state index in [9.17, 15) is 18.4 Å². The van der Waals surface area contributed by atoms with Crippen molar-refractivity contribution in [1.29, 1.82) is 0 Å². The van der Waals surface area contributed by atoms with Gasteiger partial charge < -0.3 is 0 Å². The van der Waals surface area contributed by atoms with Gasteiger partial charge in [0.2, 0.25) is 0 Å². The van der Waals surface area contributed by atoms with Gasteiger partial charge in [-0.3, -0.25) is 19.9 Å². The second kappa shape index (κ2) is 5.45. The summed E-state index contributed by atoms with van der Waals surface area (Å²) in [5, 5.41) is 2.51. The van der Waals surface area contributed by atoms with E-state index >= 15 is 0 Å². The van der Waals surface area contributed by atoms with Crippen molar-refractivity contribution in [2.45, 2.75) is 26.7 Å². The Balaban J connectivity index is 1.88. The Labute approximate surface area is 134 Å². The molecule has 2 heterocycles. The van der Waals surface area contributed by atoms with Crippen molar-refractivity contribution in [2.75, 3.05) is 5.32 Å². The zero-order valence-electron chi connectivity index (χ0n) is 12.4. The van der Waals surface area contributed by atoms with Crippen LogP contribution in [0.2, 0.25) is 0 Å². The standard InChI is InChI=1S/C15H13F2N3O2S/c1-15(2)3-9-12(10(21)4-15)23-14(19-9)20-13(22)11-7(16)5-18-6-8(11)17/h5-6H,3-4H2,1-2H3,(H,19,20,22). The molecule has 120 valence electrons. The van der Waals surface area contributed by atoms with Gasteiger partial charge in [0, 0.05) is 6.42 Å². The van der Waals surface area contributed by atoms with Crippen molar-refractivity contribution < 1.29 is 18.4 Å². The summed E-state index contributed by atoms with van der Waals surface area (Å²) in [5.41, 5.74) is -0.301. The SMILES string of the molecule is CC1(C)CC(=O)c2sc(NC(=O)c3c(F)cncc3F)nc2C1. The molecule has 0 fully saturated rings. The van der Waals surface area contributed by atoms with Crippen molar-refractivity contribution in [2.24, 2.45) is 5.41 Å². The van der Waals surface area contributed by atoms with E-state index in [1.807, 2.05) is 13.8 Å². The third kappa shape index (κ3) is 2.98. The summed E-state index contributed by atoms with van der Waals surface area (Å²) in [5.74, 6) is -3.10. The van der Waals surface area contributed by atoms with Gasteiger partial charge in [-0.05, 0) is 11.8 Å². The Bertz CT molecular complexity index is 797. The second-order valence-corrected chi connectivity index (χ2v) is 7.17. The molecule has 0 spiro atoms. The van der Waals surface area contributed by atoms with Gasteiger partial charge in [0.25, 0.3) is 5.91 Å². The first-order valence-electron chi connectivity index (χ1n) is 6.90. The molecule has 3 rings (SSSR count). The molecule has 0 radical (unpaired) electrons. The molecule has 23 heavy (non-hydrogen) atoms. The summed E-state index contributed by atoms with van der Waals surface area (Å²) in [6, 6.07) is 0. The maximum atomic E-state index is 13.6. The number of thiazole rings is 1. The highest BCUT2D eigenvalue weighted by Gasteiger charge is 2.34. The smallest absolute Gasteiger partial charge is 0.263 e. The van der Waals surface area contributed by atoms with Crippen LogP contribution in [0.3, 0.4) is 0 Å². The molecular formula is C15H13F2N3O2S. The van der Waals surface area contributed by atoms with E-state index < -0.39 is 23.1 Å². The first kappa shape index (κ1) is 15.7. The van der Waals surface area contributed by atoms with E-state index in [0.29, 0.717) is 23.4 Å². The van der Waals surface area contributed by atoms with Crippen molar-refractivity contribution in [3.8, 4) is 0 Å². The number of carbonyl (C=O) groups is 2. The molecule has 8 heteroatoms. The lowest BCUT2D eigenvalue weighted by Crippen LogP contribution is -2.26. The molecule has 0 aliphatic heterocycles. The minimum Gasteiger partial charge on any atom is -0.298 e. The topological polar surface area (TPSA) is 72.0 Å². The largest absolute Gasteiger partial charge is 0.298 e. The van der Waals surface area contributed by atoms with Gasteiger partial charge in [-0.2, -0.15) is 0 Å². The quantitative estimate of drug-likeness (QED) is 0.913. The summed E-state index contributed by atoms with van der Waals surface area (Å²) >= 11 is 1.03. The molecule has 0 saturated heterocycles. The van der Waals surface area contributed by atoms with Gasteiger partial charge in [0.05, 0.1) is 23.0 Å². The Kier molecular flexibility index (Phi) is 3.71. The Morgan fingerprint density at radius 2 is 1.91 bits per heavy atom. The molecule has 0 saturated carbocycles. The third-order valence-corrected chi connectivity index (χ3v) is 4.59. The van der Waals surface area contributed by atoms with Crippen LogP contribution >= 0.6 is 11.3 Å². The summed E-state index contributed by atoms with van der Waals surface area (Å²) in [6.07, 6.45) is 2.54. The van der Waals surface area contributed by atoms with E-state index in [1.54, 1.807) is 0 Å². The van der Waals surface area contributed by atoms with E-state index in [-0.39, 0.29) is 16.3 Å². The van der Waals surface area contributed by atoms with Crippen molar-refractivity contribution in [1.82, 2.24) is 9.97 Å². The van der Waals surface area contributed by atoms with Gasteiger partial charge in [0.1, 0.15) is 5.56 Å². The highest BCUT2D eigenvalue weighted by Crippen LogP contribution is 2.38. The van der Waals surface area contributed by atoms with Crippen LogP contribution in [0.15, 0.2) is 12.4 Å². The van der Waals surface area contributed by atoms with Crippen LogP contribution < -0.4 is 5.32 Å². The van der Waals surface area contributed by atoms with Gasteiger partial charge >= 0.3 is 0 Å². The number of fused-ring (bicyclic) bond motifs is 1. The van der Waals surface area contributed by atoms with Gasteiger partial charge in [0.15, 0.2) is 22.5 Å². The highest BCUT2D eigenvalue weighted by molar-refractivity contribution is 7.17. The molecule has 1 N–H and O–H groups in total. The number of anilines is 1. The highest BCUT2D eigenvalue weighted by atomic mass is 32.1. The maximum Gasteiger partial charge on any atom is 0.263 e. The molecule has 0 aromatic carbocycles. The summed E-state index contributed by atoms with van der Waals surface area (Å²) < 4.78 is 27.1. The molecule has 0 atom stereocenters. The number of nitrogens with zero attached hydrogens (tertiary/aromatic N) is 2. The first-order chi connectivity index (χ1) is 10.8. The van der Waals surface area contributed by atoms with E-state index in [2.05, 4.69) is 15.3 Å². The predicted molar refractivity (Wildman–Crippen MR) is 80.7 cm³/mol. The van der Waals surface area contributed by atoms with Crippen LogP contribution in [0.4, 0.5) is 13.9 Å². The summed E-state index contributed by atoms with van der Waals surface area (Å²) in [4.78, 5) is 32.2. The lowest BCUT2D eigenvalue weighted by Gasteiger charge is -2.26. The molecule has 0 bridgehead atoms. The zero-order chi connectivity index (χ0) is 16.8. The first-order valence-corrected chi connectivity index (χ1v) is 7.72. The minimum absolute atomic E-state index is 0.0319. The fourth-order valence-corrected chi connectivity index (χ4v) is 3.48.